The molecule has 3 aromatic rings. The number of aromatic amines is 1. The lowest BCUT2D eigenvalue weighted by atomic mass is 9.86. The van der Waals surface area contributed by atoms with Crippen LogP contribution in [-0.2, 0) is 6.54 Å². The van der Waals surface area contributed by atoms with Gasteiger partial charge in [-0.2, -0.15) is 0 Å². The largest absolute Gasteiger partial charge is 0.573 e. The molecule has 166 valence electrons. The number of nitrogens with two attached hydrogens (primary N) is 1. The van der Waals surface area contributed by atoms with Crippen molar-refractivity contribution in [2.75, 3.05) is 11.9 Å². The number of imidazole rings is 1. The maximum Gasteiger partial charge on any atom is 0.573 e. The zero-order valence-electron chi connectivity index (χ0n) is 16.8. The fourth-order valence-corrected chi connectivity index (χ4v) is 3.95. The van der Waals surface area contributed by atoms with Crippen LogP contribution < -0.4 is 21.5 Å². The number of fused-ring (bicyclic) bond motifs is 1. The summed E-state index contributed by atoms with van der Waals surface area (Å²) in [4.78, 5) is 19.7. The predicted molar refractivity (Wildman–Crippen MR) is 111 cm³/mol. The van der Waals surface area contributed by atoms with E-state index in [0.29, 0.717) is 22.9 Å². The Labute approximate surface area is 176 Å². The van der Waals surface area contributed by atoms with Gasteiger partial charge < -0.3 is 20.8 Å². The number of benzene rings is 1. The highest BCUT2D eigenvalue weighted by molar-refractivity contribution is 5.73. The molecule has 0 bridgehead atoms. The first-order valence-electron chi connectivity index (χ1n) is 10.2. The Hall–Kier alpha value is -3.01. The van der Waals surface area contributed by atoms with Crippen molar-refractivity contribution in [1.82, 2.24) is 14.5 Å². The molecular weight excluding hydrogens is 411 g/mol. The third-order valence-electron chi connectivity index (χ3n) is 5.61. The summed E-state index contributed by atoms with van der Waals surface area (Å²) in [5.74, 6) is 0.771. The van der Waals surface area contributed by atoms with Gasteiger partial charge in [0.1, 0.15) is 11.6 Å². The van der Waals surface area contributed by atoms with Gasteiger partial charge in [0.2, 0.25) is 0 Å². The van der Waals surface area contributed by atoms with E-state index in [4.69, 9.17) is 5.73 Å². The predicted octanol–water partition coefficient (Wildman–Crippen LogP) is 3.60. The third-order valence-corrected chi connectivity index (χ3v) is 5.61. The molecule has 0 spiro atoms. The SMILES string of the molecule is N[C@H]1CC[C@@H](CNc2ccc3[nH]c(=O)n(Cc4ccccc4OC(F)(F)F)c3n2)CC1. The van der Waals surface area contributed by atoms with E-state index in [2.05, 4.69) is 20.0 Å². The van der Waals surface area contributed by atoms with Gasteiger partial charge in [0.05, 0.1) is 12.1 Å². The first-order valence-corrected chi connectivity index (χ1v) is 10.2. The molecular formula is C21H24F3N5O2. The highest BCUT2D eigenvalue weighted by Crippen LogP contribution is 2.27. The smallest absolute Gasteiger partial charge is 0.405 e. The van der Waals surface area contributed by atoms with Crippen molar-refractivity contribution in [2.45, 2.75) is 44.6 Å². The van der Waals surface area contributed by atoms with Crippen molar-refractivity contribution >= 4 is 17.0 Å². The summed E-state index contributed by atoms with van der Waals surface area (Å²) in [6, 6.07) is 9.54. The third kappa shape index (κ3) is 5.19. The highest BCUT2D eigenvalue weighted by Gasteiger charge is 2.32. The quantitative estimate of drug-likeness (QED) is 0.550. The number of hydrogen-bond donors (Lipinski definition) is 3. The molecule has 4 rings (SSSR count). The number of hydrogen-bond acceptors (Lipinski definition) is 5. The average Bonchev–Trinajstić information content (AvgIpc) is 3.02. The zero-order chi connectivity index (χ0) is 22.0. The fourth-order valence-electron chi connectivity index (χ4n) is 3.95. The van der Waals surface area contributed by atoms with Crippen molar-refractivity contribution < 1.29 is 17.9 Å². The van der Waals surface area contributed by atoms with E-state index >= 15 is 0 Å². The Morgan fingerprint density at radius 3 is 2.65 bits per heavy atom. The van der Waals surface area contributed by atoms with Crippen LogP contribution >= 0.6 is 0 Å². The summed E-state index contributed by atoms with van der Waals surface area (Å²) in [7, 11) is 0. The summed E-state index contributed by atoms with van der Waals surface area (Å²) in [5.41, 5.74) is 6.59. The number of para-hydroxylation sites is 1. The summed E-state index contributed by atoms with van der Waals surface area (Å²) < 4.78 is 43.6. The van der Waals surface area contributed by atoms with E-state index in [0.717, 1.165) is 32.2 Å². The molecule has 4 N–H and O–H groups in total. The van der Waals surface area contributed by atoms with Gasteiger partial charge in [0, 0.05) is 18.2 Å². The average molecular weight is 435 g/mol. The van der Waals surface area contributed by atoms with Crippen molar-refractivity contribution in [3.63, 3.8) is 0 Å². The minimum absolute atomic E-state index is 0.109. The van der Waals surface area contributed by atoms with Gasteiger partial charge in [-0.3, -0.25) is 4.57 Å². The lowest BCUT2D eigenvalue weighted by Gasteiger charge is -2.26. The van der Waals surface area contributed by atoms with E-state index in [1.807, 2.05) is 0 Å². The highest BCUT2D eigenvalue weighted by atomic mass is 19.4. The number of halogens is 3. The number of H-pyrrole nitrogens is 1. The van der Waals surface area contributed by atoms with Crippen LogP contribution in [0.3, 0.4) is 0 Å². The molecule has 1 aliphatic rings. The number of nitrogens with zero attached hydrogens (tertiary/aromatic N) is 2. The number of alkyl halides is 3. The molecule has 0 aliphatic heterocycles. The van der Waals surface area contributed by atoms with Crippen LogP contribution in [0, 0.1) is 5.92 Å². The normalized spacial score (nSPS) is 19.5. The Bertz CT molecular complexity index is 1100. The van der Waals surface area contributed by atoms with Crippen LogP contribution in [-0.4, -0.2) is 33.5 Å². The molecule has 0 saturated heterocycles. The van der Waals surface area contributed by atoms with Gasteiger partial charge in [-0.1, -0.05) is 18.2 Å². The molecule has 1 aliphatic carbocycles. The van der Waals surface area contributed by atoms with Gasteiger partial charge in [-0.05, 0) is 49.8 Å². The first-order chi connectivity index (χ1) is 14.8. The standard InChI is InChI=1S/C21H24F3N5O2/c22-21(23,24)31-17-4-2-1-3-14(17)12-29-19-16(27-20(29)30)9-10-18(28-19)26-11-13-5-7-15(25)8-6-13/h1-4,9-10,13,15H,5-8,11-12,25H2,(H,26,28)(H,27,30)/t13-,15+. The summed E-state index contributed by atoms with van der Waals surface area (Å²) in [5, 5.41) is 3.31. The van der Waals surface area contributed by atoms with Gasteiger partial charge in [0.25, 0.3) is 0 Å². The molecule has 0 amide bonds. The van der Waals surface area contributed by atoms with Crippen LogP contribution in [0.2, 0.25) is 0 Å². The molecule has 2 aromatic heterocycles. The molecule has 0 unspecified atom stereocenters. The van der Waals surface area contributed by atoms with Crippen LogP contribution in [0.1, 0.15) is 31.2 Å². The van der Waals surface area contributed by atoms with E-state index < -0.39 is 12.1 Å². The van der Waals surface area contributed by atoms with Crippen LogP contribution in [0.25, 0.3) is 11.2 Å². The van der Waals surface area contributed by atoms with Crippen molar-refractivity contribution in [1.29, 1.82) is 0 Å². The molecule has 1 saturated carbocycles. The topological polar surface area (TPSA) is 98.0 Å². The molecule has 7 nitrogen and oxygen atoms in total. The minimum atomic E-state index is -4.82. The molecule has 1 fully saturated rings. The number of anilines is 1. The number of ether oxygens (including phenoxy) is 1. The second-order valence-electron chi connectivity index (χ2n) is 7.90. The van der Waals surface area contributed by atoms with Gasteiger partial charge >= 0.3 is 12.1 Å². The van der Waals surface area contributed by atoms with E-state index in [1.54, 1.807) is 18.2 Å². The number of nitrogens with one attached hydrogen (secondary N) is 2. The molecule has 1 aromatic carbocycles. The van der Waals surface area contributed by atoms with Gasteiger partial charge in [0.15, 0.2) is 5.65 Å². The van der Waals surface area contributed by atoms with Gasteiger partial charge in [-0.25, -0.2) is 9.78 Å². The molecule has 0 atom stereocenters. The molecule has 2 heterocycles. The first kappa shape index (κ1) is 21.2. The lowest BCUT2D eigenvalue weighted by molar-refractivity contribution is -0.274. The summed E-state index contributed by atoms with van der Waals surface area (Å²) in [6.45, 7) is 0.643. The Morgan fingerprint density at radius 2 is 1.90 bits per heavy atom. The van der Waals surface area contributed by atoms with Crippen LogP contribution in [0.5, 0.6) is 5.75 Å². The maximum atomic E-state index is 12.7. The number of rotatable bonds is 6. The number of aromatic nitrogens is 3. The van der Waals surface area contributed by atoms with Gasteiger partial charge in [-0.15, -0.1) is 13.2 Å². The van der Waals surface area contributed by atoms with E-state index in [9.17, 15) is 18.0 Å². The zero-order valence-corrected chi connectivity index (χ0v) is 16.8. The van der Waals surface area contributed by atoms with E-state index in [-0.39, 0.29) is 23.9 Å². The second kappa shape index (κ2) is 8.62. The molecule has 0 radical (unpaired) electrons. The van der Waals surface area contributed by atoms with Crippen molar-refractivity contribution in [2.24, 2.45) is 11.7 Å². The maximum absolute atomic E-state index is 12.7. The molecule has 31 heavy (non-hydrogen) atoms. The minimum Gasteiger partial charge on any atom is -0.405 e. The van der Waals surface area contributed by atoms with Crippen molar-refractivity contribution in [3.05, 3.63) is 52.4 Å². The Kier molecular flexibility index (Phi) is 5.90. The van der Waals surface area contributed by atoms with E-state index in [1.165, 1.54) is 22.8 Å². The monoisotopic (exact) mass is 435 g/mol. The van der Waals surface area contributed by atoms with Crippen molar-refractivity contribution in [3.8, 4) is 5.75 Å². The summed E-state index contributed by atoms with van der Waals surface area (Å²) >= 11 is 0. The number of pyridine rings is 1. The fraction of sp³-hybridized carbons (Fsp3) is 0.429. The Morgan fingerprint density at radius 1 is 1.16 bits per heavy atom. The summed E-state index contributed by atoms with van der Waals surface area (Å²) in [6.07, 6.45) is -0.687. The van der Waals surface area contributed by atoms with Crippen LogP contribution in [0.4, 0.5) is 19.0 Å². The van der Waals surface area contributed by atoms with Crippen LogP contribution in [0.15, 0.2) is 41.2 Å². The molecule has 10 heteroatoms. The lowest BCUT2D eigenvalue weighted by Crippen LogP contribution is -2.29. The second-order valence-corrected chi connectivity index (χ2v) is 7.90. The Balaban J connectivity index is 1.55.